The van der Waals surface area contributed by atoms with Gasteiger partial charge in [0.2, 0.25) is 0 Å². The smallest absolute Gasteiger partial charge is 0.394 e. The molecule has 1 heterocycles. The average Bonchev–Trinajstić information content (AvgIpc) is 2.29. The van der Waals surface area contributed by atoms with E-state index in [1.165, 1.54) is 4.90 Å². The lowest BCUT2D eigenvalue weighted by Crippen LogP contribution is -2.52. The van der Waals surface area contributed by atoms with E-state index >= 15 is 0 Å². The number of rotatable bonds is 4. The Labute approximate surface area is 99.8 Å². The lowest BCUT2D eigenvalue weighted by atomic mass is 10.2. The van der Waals surface area contributed by atoms with Crippen molar-refractivity contribution in [3.8, 4) is 0 Å². The molecule has 0 saturated carbocycles. The first-order valence-electron chi connectivity index (χ1n) is 5.67. The maximum absolute atomic E-state index is 11.2. The van der Waals surface area contributed by atoms with E-state index in [0.717, 1.165) is 0 Å². The van der Waals surface area contributed by atoms with Crippen molar-refractivity contribution < 1.29 is 19.8 Å². The van der Waals surface area contributed by atoms with Crippen molar-refractivity contribution in [3.05, 3.63) is 0 Å². The number of β-amino-alcohol motifs (C(OH)–C–C–N with tert-alkyl or cyclic N) is 1. The largest absolute Gasteiger partial charge is 0.474 e. The molecule has 98 valence electrons. The van der Waals surface area contributed by atoms with Gasteiger partial charge in [0.1, 0.15) is 0 Å². The van der Waals surface area contributed by atoms with Crippen LogP contribution in [0.1, 0.15) is 6.42 Å². The number of carboxylic acids is 1. The number of hydrogen-bond acceptors (Lipinski definition) is 5. The van der Waals surface area contributed by atoms with Crippen molar-refractivity contribution in [3.63, 3.8) is 0 Å². The van der Waals surface area contributed by atoms with E-state index in [1.807, 2.05) is 4.90 Å². The van der Waals surface area contributed by atoms with E-state index in [1.54, 1.807) is 0 Å². The zero-order valence-corrected chi connectivity index (χ0v) is 9.71. The quantitative estimate of drug-likeness (QED) is 0.491. The molecule has 4 N–H and O–H groups in total. The summed E-state index contributed by atoms with van der Waals surface area (Å²) in [6.45, 7) is 2.91. The minimum atomic E-state index is -1.42. The standard InChI is InChI=1S/C10H19N3O4/c11-2-1-8(14)7-12-3-5-13(6-4-12)9(15)10(16)17/h8,14H,1-7,11H2,(H,16,17). The zero-order valence-electron chi connectivity index (χ0n) is 9.71. The van der Waals surface area contributed by atoms with Crippen molar-refractivity contribution in [2.45, 2.75) is 12.5 Å². The SMILES string of the molecule is NCCC(O)CN1CCN(C(=O)C(=O)O)CC1. The number of carbonyl (C=O) groups excluding carboxylic acids is 1. The first kappa shape index (κ1) is 13.9. The van der Waals surface area contributed by atoms with Gasteiger partial charge in [-0.2, -0.15) is 0 Å². The Morgan fingerprint density at radius 2 is 1.82 bits per heavy atom. The molecular weight excluding hydrogens is 226 g/mol. The van der Waals surface area contributed by atoms with Gasteiger partial charge in [-0.25, -0.2) is 4.79 Å². The molecule has 17 heavy (non-hydrogen) atoms. The molecule has 7 heteroatoms. The molecule has 1 aliphatic rings. The Morgan fingerprint density at radius 3 is 2.29 bits per heavy atom. The number of hydrogen-bond donors (Lipinski definition) is 3. The Balaban J connectivity index is 2.30. The molecule has 1 fully saturated rings. The van der Waals surface area contributed by atoms with Crippen LogP contribution in [0.5, 0.6) is 0 Å². The average molecular weight is 245 g/mol. The Kier molecular flexibility index (Phi) is 5.33. The summed E-state index contributed by atoms with van der Waals surface area (Å²) in [7, 11) is 0. The van der Waals surface area contributed by atoms with Crippen LogP contribution in [0.4, 0.5) is 0 Å². The Morgan fingerprint density at radius 1 is 1.24 bits per heavy atom. The highest BCUT2D eigenvalue weighted by molar-refractivity contribution is 6.31. The molecule has 0 aromatic heterocycles. The van der Waals surface area contributed by atoms with Crippen LogP contribution >= 0.6 is 0 Å². The normalized spacial score (nSPS) is 19.1. The monoisotopic (exact) mass is 245 g/mol. The summed E-state index contributed by atoms with van der Waals surface area (Å²) in [6, 6.07) is 0. The molecule has 1 atom stereocenters. The van der Waals surface area contributed by atoms with Crippen LogP contribution in [-0.2, 0) is 9.59 Å². The molecule has 0 aromatic rings. The Hall–Kier alpha value is -1.18. The van der Waals surface area contributed by atoms with Gasteiger partial charge < -0.3 is 20.8 Å². The van der Waals surface area contributed by atoms with Gasteiger partial charge in [-0.3, -0.25) is 9.69 Å². The molecule has 7 nitrogen and oxygen atoms in total. The van der Waals surface area contributed by atoms with E-state index in [9.17, 15) is 14.7 Å². The third-order valence-corrected chi connectivity index (χ3v) is 2.81. The van der Waals surface area contributed by atoms with Crippen LogP contribution in [0.2, 0.25) is 0 Å². The van der Waals surface area contributed by atoms with Gasteiger partial charge in [0.15, 0.2) is 0 Å². The minimum absolute atomic E-state index is 0.389. The lowest BCUT2D eigenvalue weighted by Gasteiger charge is -2.34. The molecule has 1 amide bonds. The predicted octanol–water partition coefficient (Wildman–Crippen LogP) is -2.08. The number of aliphatic hydroxyl groups is 1. The minimum Gasteiger partial charge on any atom is -0.474 e. The first-order valence-corrected chi connectivity index (χ1v) is 5.67. The van der Waals surface area contributed by atoms with Crippen LogP contribution < -0.4 is 5.73 Å². The van der Waals surface area contributed by atoms with Gasteiger partial charge >= 0.3 is 11.9 Å². The van der Waals surface area contributed by atoms with Crippen LogP contribution in [-0.4, -0.2) is 77.3 Å². The number of piperazine rings is 1. The second-order valence-corrected chi connectivity index (χ2v) is 4.13. The summed E-state index contributed by atoms with van der Waals surface area (Å²) in [5, 5.41) is 18.1. The molecule has 1 unspecified atom stereocenters. The van der Waals surface area contributed by atoms with Crippen LogP contribution in [0.15, 0.2) is 0 Å². The van der Waals surface area contributed by atoms with E-state index in [4.69, 9.17) is 10.8 Å². The van der Waals surface area contributed by atoms with Crippen LogP contribution in [0, 0.1) is 0 Å². The third-order valence-electron chi connectivity index (χ3n) is 2.81. The van der Waals surface area contributed by atoms with Gasteiger partial charge in [-0.1, -0.05) is 0 Å². The summed E-state index contributed by atoms with van der Waals surface area (Å²) >= 11 is 0. The van der Waals surface area contributed by atoms with E-state index < -0.39 is 18.0 Å². The maximum atomic E-state index is 11.2. The highest BCUT2D eigenvalue weighted by Gasteiger charge is 2.25. The number of aliphatic carboxylic acids is 1. The van der Waals surface area contributed by atoms with Crippen LogP contribution in [0.25, 0.3) is 0 Å². The van der Waals surface area contributed by atoms with E-state index in [0.29, 0.717) is 45.7 Å². The van der Waals surface area contributed by atoms with Crippen LogP contribution in [0.3, 0.4) is 0 Å². The summed E-state index contributed by atoms with van der Waals surface area (Å²) in [5.74, 6) is -2.27. The number of nitrogens with two attached hydrogens (primary N) is 1. The molecule has 0 radical (unpaired) electrons. The molecule has 1 saturated heterocycles. The predicted molar refractivity (Wildman–Crippen MR) is 60.3 cm³/mol. The maximum Gasteiger partial charge on any atom is 0.394 e. The first-order chi connectivity index (χ1) is 8.04. The zero-order chi connectivity index (χ0) is 12.8. The fraction of sp³-hybridized carbons (Fsp3) is 0.800. The summed E-state index contributed by atoms with van der Waals surface area (Å²) in [6.07, 6.45) is 0.0931. The van der Waals surface area contributed by atoms with Gasteiger partial charge in [0.25, 0.3) is 0 Å². The third kappa shape index (κ3) is 4.29. The number of aliphatic hydroxyl groups excluding tert-OH is 1. The van der Waals surface area contributed by atoms with Gasteiger partial charge in [-0.05, 0) is 13.0 Å². The van der Waals surface area contributed by atoms with Crippen molar-refractivity contribution in [1.82, 2.24) is 9.80 Å². The molecule has 1 rings (SSSR count). The van der Waals surface area contributed by atoms with Gasteiger partial charge in [0.05, 0.1) is 6.10 Å². The number of amides is 1. The topological polar surface area (TPSA) is 107 Å². The van der Waals surface area contributed by atoms with Crippen molar-refractivity contribution in [1.29, 1.82) is 0 Å². The second-order valence-electron chi connectivity index (χ2n) is 4.13. The second kappa shape index (κ2) is 6.53. The van der Waals surface area contributed by atoms with Crippen molar-refractivity contribution >= 4 is 11.9 Å². The summed E-state index contributed by atoms with van der Waals surface area (Å²) in [5.41, 5.74) is 5.33. The fourth-order valence-electron chi connectivity index (χ4n) is 1.85. The lowest BCUT2D eigenvalue weighted by molar-refractivity contribution is -0.156. The van der Waals surface area contributed by atoms with E-state index in [2.05, 4.69) is 0 Å². The number of carboxylic acid groups (broad SMARTS) is 1. The van der Waals surface area contributed by atoms with Gasteiger partial charge in [-0.15, -0.1) is 0 Å². The van der Waals surface area contributed by atoms with Crippen molar-refractivity contribution in [2.24, 2.45) is 5.73 Å². The highest BCUT2D eigenvalue weighted by Crippen LogP contribution is 2.04. The highest BCUT2D eigenvalue weighted by atomic mass is 16.4. The molecule has 1 aliphatic heterocycles. The molecule has 0 spiro atoms. The van der Waals surface area contributed by atoms with Crippen molar-refractivity contribution in [2.75, 3.05) is 39.3 Å². The molecule has 0 aliphatic carbocycles. The molecule has 0 aromatic carbocycles. The summed E-state index contributed by atoms with van der Waals surface area (Å²) < 4.78 is 0. The molecular formula is C10H19N3O4. The number of carbonyl (C=O) groups is 2. The van der Waals surface area contributed by atoms with Gasteiger partial charge in [0, 0.05) is 32.7 Å². The number of nitrogens with zero attached hydrogens (tertiary/aromatic N) is 2. The molecule has 0 bridgehead atoms. The summed E-state index contributed by atoms with van der Waals surface area (Å²) in [4.78, 5) is 25.0. The Bertz CT molecular complexity index is 277. The van der Waals surface area contributed by atoms with E-state index in [-0.39, 0.29) is 0 Å². The fourth-order valence-corrected chi connectivity index (χ4v) is 1.85.